The van der Waals surface area contributed by atoms with E-state index in [4.69, 9.17) is 23.2 Å². The molecule has 1 N–H and O–H groups in total. The van der Waals surface area contributed by atoms with Gasteiger partial charge in [-0.2, -0.15) is 0 Å². The second kappa shape index (κ2) is 4.64. The van der Waals surface area contributed by atoms with Gasteiger partial charge in [0.25, 0.3) is 0 Å². The minimum atomic E-state index is -0.456. The number of aliphatic hydroxyl groups is 1. The molecule has 5 heteroatoms. The molecule has 1 saturated carbocycles. The maximum absolute atomic E-state index is 10.3. The van der Waals surface area contributed by atoms with E-state index in [1.165, 1.54) is 0 Å². The molecule has 1 aromatic heterocycles. The second-order valence-electron chi connectivity index (χ2n) is 5.31. The van der Waals surface area contributed by atoms with Crippen LogP contribution in [0.2, 0.25) is 10.0 Å². The first kappa shape index (κ1) is 12.7. The summed E-state index contributed by atoms with van der Waals surface area (Å²) < 4.78 is 0. The van der Waals surface area contributed by atoms with Crippen molar-refractivity contribution in [2.24, 2.45) is 0 Å². The van der Waals surface area contributed by atoms with Gasteiger partial charge in [0.15, 0.2) is 0 Å². The SMILES string of the molecule is OC1(C2CCCN2Cc2c(Cl)cncc2Cl)CC1. The lowest BCUT2D eigenvalue weighted by atomic mass is 10.1. The average Bonchev–Trinajstić information content (AvgIpc) is 2.91. The van der Waals surface area contributed by atoms with Crippen LogP contribution in [-0.2, 0) is 6.54 Å². The van der Waals surface area contributed by atoms with Crippen LogP contribution in [0, 0.1) is 0 Å². The molecule has 1 aliphatic carbocycles. The summed E-state index contributed by atoms with van der Waals surface area (Å²) in [7, 11) is 0. The summed E-state index contributed by atoms with van der Waals surface area (Å²) in [4.78, 5) is 6.27. The van der Waals surface area contributed by atoms with E-state index in [1.54, 1.807) is 12.4 Å². The van der Waals surface area contributed by atoms with Gasteiger partial charge < -0.3 is 5.11 Å². The Hall–Kier alpha value is -0.350. The standard InChI is InChI=1S/C13H16Cl2N2O/c14-10-6-16-7-11(15)9(10)8-17-5-1-2-12(17)13(18)3-4-13/h6-7,12,18H,1-5,8H2. The van der Waals surface area contributed by atoms with Crippen molar-refractivity contribution >= 4 is 23.2 Å². The van der Waals surface area contributed by atoms with Crippen molar-refractivity contribution in [2.75, 3.05) is 6.54 Å². The van der Waals surface area contributed by atoms with Gasteiger partial charge in [-0.05, 0) is 32.2 Å². The van der Waals surface area contributed by atoms with Crippen molar-refractivity contribution in [1.82, 2.24) is 9.88 Å². The summed E-state index contributed by atoms with van der Waals surface area (Å²) in [6.45, 7) is 1.70. The number of pyridine rings is 1. The topological polar surface area (TPSA) is 36.4 Å². The Morgan fingerprint density at radius 3 is 2.61 bits per heavy atom. The summed E-state index contributed by atoms with van der Waals surface area (Å²) in [5, 5.41) is 11.5. The van der Waals surface area contributed by atoms with Crippen LogP contribution < -0.4 is 0 Å². The van der Waals surface area contributed by atoms with Gasteiger partial charge in [-0.25, -0.2) is 0 Å². The van der Waals surface area contributed by atoms with Gasteiger partial charge in [-0.1, -0.05) is 23.2 Å². The highest BCUT2D eigenvalue weighted by atomic mass is 35.5. The Balaban J connectivity index is 1.79. The van der Waals surface area contributed by atoms with Crippen molar-refractivity contribution in [3.05, 3.63) is 28.0 Å². The molecule has 98 valence electrons. The molecule has 2 heterocycles. The van der Waals surface area contributed by atoms with Gasteiger partial charge >= 0.3 is 0 Å². The first-order valence-electron chi connectivity index (χ1n) is 6.34. The molecule has 1 atom stereocenters. The fourth-order valence-corrected chi connectivity index (χ4v) is 3.36. The molecule has 18 heavy (non-hydrogen) atoms. The third kappa shape index (κ3) is 2.25. The Kier molecular flexibility index (Phi) is 3.27. The predicted octanol–water partition coefficient (Wildman–Crippen LogP) is 2.88. The highest BCUT2D eigenvalue weighted by Gasteiger charge is 2.51. The van der Waals surface area contributed by atoms with E-state index in [-0.39, 0.29) is 6.04 Å². The molecule has 0 amide bonds. The van der Waals surface area contributed by atoms with Gasteiger partial charge in [0.2, 0.25) is 0 Å². The smallest absolute Gasteiger partial charge is 0.0804 e. The maximum atomic E-state index is 10.3. The van der Waals surface area contributed by atoms with E-state index >= 15 is 0 Å². The predicted molar refractivity (Wildman–Crippen MR) is 71.9 cm³/mol. The van der Waals surface area contributed by atoms with Crippen LogP contribution >= 0.6 is 23.2 Å². The lowest BCUT2D eigenvalue weighted by Gasteiger charge is -2.29. The molecule has 0 aromatic carbocycles. The number of hydrogen-bond donors (Lipinski definition) is 1. The highest BCUT2D eigenvalue weighted by molar-refractivity contribution is 6.35. The van der Waals surface area contributed by atoms with Gasteiger partial charge in [0.1, 0.15) is 0 Å². The Labute approximate surface area is 117 Å². The number of likely N-dealkylation sites (tertiary alicyclic amines) is 1. The fourth-order valence-electron chi connectivity index (χ4n) is 2.88. The summed E-state index contributed by atoms with van der Waals surface area (Å²) in [6, 6.07) is 0.262. The largest absolute Gasteiger partial charge is 0.388 e. The van der Waals surface area contributed by atoms with Crippen LogP contribution in [0.1, 0.15) is 31.2 Å². The van der Waals surface area contributed by atoms with E-state index in [0.717, 1.165) is 37.8 Å². The van der Waals surface area contributed by atoms with Crippen LogP contribution in [0.3, 0.4) is 0 Å². The van der Waals surface area contributed by atoms with Crippen LogP contribution in [0.5, 0.6) is 0 Å². The molecule has 1 aromatic rings. The molecule has 0 spiro atoms. The van der Waals surface area contributed by atoms with E-state index in [9.17, 15) is 5.11 Å². The summed E-state index contributed by atoms with van der Waals surface area (Å²) in [6.07, 6.45) is 7.29. The molecule has 1 unspecified atom stereocenters. The summed E-state index contributed by atoms with van der Waals surface area (Å²) >= 11 is 12.3. The molecule has 0 bridgehead atoms. The quantitative estimate of drug-likeness (QED) is 0.928. The van der Waals surface area contributed by atoms with E-state index in [1.807, 2.05) is 0 Å². The monoisotopic (exact) mass is 286 g/mol. The molecular formula is C13H16Cl2N2O. The van der Waals surface area contributed by atoms with Crippen molar-refractivity contribution in [3.63, 3.8) is 0 Å². The lowest BCUT2D eigenvalue weighted by Crippen LogP contribution is -2.40. The Morgan fingerprint density at radius 1 is 1.33 bits per heavy atom. The van der Waals surface area contributed by atoms with Crippen LogP contribution in [0.15, 0.2) is 12.4 Å². The zero-order chi connectivity index (χ0) is 12.8. The first-order chi connectivity index (χ1) is 8.60. The van der Waals surface area contributed by atoms with Crippen LogP contribution in [-0.4, -0.2) is 33.2 Å². The molecule has 0 radical (unpaired) electrons. The summed E-state index contributed by atoms with van der Waals surface area (Å²) in [5.74, 6) is 0. The maximum Gasteiger partial charge on any atom is 0.0804 e. The van der Waals surface area contributed by atoms with E-state index < -0.39 is 5.60 Å². The molecule has 1 saturated heterocycles. The normalized spacial score (nSPS) is 26.5. The van der Waals surface area contributed by atoms with Gasteiger partial charge in [0.05, 0.1) is 15.6 Å². The average molecular weight is 287 g/mol. The third-order valence-electron chi connectivity index (χ3n) is 4.06. The molecule has 2 fully saturated rings. The van der Waals surface area contributed by atoms with Gasteiger partial charge in [-0.15, -0.1) is 0 Å². The van der Waals surface area contributed by atoms with Crippen LogP contribution in [0.25, 0.3) is 0 Å². The van der Waals surface area contributed by atoms with Crippen molar-refractivity contribution < 1.29 is 5.11 Å². The van der Waals surface area contributed by atoms with Crippen molar-refractivity contribution in [1.29, 1.82) is 0 Å². The van der Waals surface area contributed by atoms with Gasteiger partial charge in [-0.3, -0.25) is 9.88 Å². The molecule has 2 aliphatic rings. The molecule has 3 nitrogen and oxygen atoms in total. The lowest BCUT2D eigenvalue weighted by molar-refractivity contribution is 0.0481. The van der Waals surface area contributed by atoms with E-state index in [2.05, 4.69) is 9.88 Å². The molecule has 3 rings (SSSR count). The number of nitrogens with zero attached hydrogens (tertiary/aromatic N) is 2. The zero-order valence-corrected chi connectivity index (χ0v) is 11.6. The van der Waals surface area contributed by atoms with Crippen molar-refractivity contribution in [3.8, 4) is 0 Å². The fraction of sp³-hybridized carbons (Fsp3) is 0.615. The molecular weight excluding hydrogens is 271 g/mol. The number of hydrogen-bond acceptors (Lipinski definition) is 3. The highest BCUT2D eigenvalue weighted by Crippen LogP contribution is 2.45. The Morgan fingerprint density at radius 2 is 2.00 bits per heavy atom. The number of halogens is 2. The molecule has 1 aliphatic heterocycles. The Bertz CT molecular complexity index is 442. The number of aromatic nitrogens is 1. The first-order valence-corrected chi connectivity index (χ1v) is 7.10. The number of rotatable bonds is 3. The van der Waals surface area contributed by atoms with Gasteiger partial charge in [0, 0.05) is 30.5 Å². The minimum Gasteiger partial charge on any atom is -0.388 e. The summed E-state index contributed by atoms with van der Waals surface area (Å²) in [5.41, 5.74) is 0.465. The van der Waals surface area contributed by atoms with E-state index in [0.29, 0.717) is 16.6 Å². The third-order valence-corrected chi connectivity index (χ3v) is 4.71. The van der Waals surface area contributed by atoms with Crippen LogP contribution in [0.4, 0.5) is 0 Å². The zero-order valence-electron chi connectivity index (χ0n) is 10.1. The second-order valence-corrected chi connectivity index (χ2v) is 6.13. The van der Waals surface area contributed by atoms with Crippen molar-refractivity contribution in [2.45, 2.75) is 43.9 Å². The minimum absolute atomic E-state index is 0.262.